The molecule has 4 nitrogen and oxygen atoms in total. The standard InChI is InChI=1S/C16H34NO3Si3/c1-21(2,3)19-23(7,20-22(4,5)6)18-16-12-11-15-17-13-9-8-10-14-17/h8-10,13-14H,11-12,15-16H2,1-7H3/q+1. The maximum Gasteiger partial charge on any atom is 0.476 e. The minimum absolute atomic E-state index is 0.713. The number of nitrogens with zero attached hydrogens (tertiary/aromatic N) is 1. The third kappa shape index (κ3) is 10.2. The number of rotatable bonds is 10. The normalized spacial score (nSPS) is 13.3. The number of aryl methyl sites for hydroxylation is 1. The maximum atomic E-state index is 6.33. The summed E-state index contributed by atoms with van der Waals surface area (Å²) in [6, 6.07) is 6.16. The highest BCUT2D eigenvalue weighted by atomic mass is 28.5. The molecule has 0 unspecified atom stereocenters. The van der Waals surface area contributed by atoms with Gasteiger partial charge in [-0.2, -0.15) is 0 Å². The second kappa shape index (κ2) is 8.68. The molecule has 0 aromatic carbocycles. The van der Waals surface area contributed by atoms with Crippen molar-refractivity contribution in [1.82, 2.24) is 0 Å². The van der Waals surface area contributed by atoms with Gasteiger partial charge in [0.15, 0.2) is 29.0 Å². The molecule has 0 amide bonds. The quantitative estimate of drug-likeness (QED) is 0.353. The summed E-state index contributed by atoms with van der Waals surface area (Å²) in [6.45, 7) is 17.0. The molecule has 1 heterocycles. The van der Waals surface area contributed by atoms with Gasteiger partial charge in [-0.1, -0.05) is 6.07 Å². The van der Waals surface area contributed by atoms with E-state index in [1.165, 1.54) is 0 Å². The Balaban J connectivity index is 2.44. The molecule has 0 aliphatic heterocycles. The molecule has 0 aliphatic rings. The van der Waals surface area contributed by atoms with Crippen molar-refractivity contribution >= 4 is 25.4 Å². The first-order chi connectivity index (χ1) is 10.5. The third-order valence-corrected chi connectivity index (χ3v) is 11.5. The molecule has 1 aromatic rings. The van der Waals surface area contributed by atoms with Gasteiger partial charge in [0, 0.05) is 31.7 Å². The van der Waals surface area contributed by atoms with Gasteiger partial charge in [0.1, 0.15) is 6.54 Å². The third-order valence-electron chi connectivity index (χ3n) is 2.94. The van der Waals surface area contributed by atoms with E-state index in [-0.39, 0.29) is 0 Å². The van der Waals surface area contributed by atoms with E-state index in [1.54, 1.807) is 0 Å². The summed E-state index contributed by atoms with van der Waals surface area (Å²) in [5.74, 6) is 0. The first-order valence-corrected chi connectivity index (χ1v) is 17.5. The van der Waals surface area contributed by atoms with Gasteiger partial charge in [0.05, 0.1) is 0 Å². The zero-order valence-corrected chi connectivity index (χ0v) is 18.9. The highest BCUT2D eigenvalue weighted by molar-refractivity contribution is 6.85. The summed E-state index contributed by atoms with van der Waals surface area (Å²) in [7, 11) is -5.90. The van der Waals surface area contributed by atoms with Gasteiger partial charge in [0.25, 0.3) is 0 Å². The topological polar surface area (TPSA) is 31.6 Å². The van der Waals surface area contributed by atoms with Crippen LogP contribution in [0.5, 0.6) is 0 Å². The zero-order valence-electron chi connectivity index (χ0n) is 15.9. The van der Waals surface area contributed by atoms with Crippen LogP contribution in [0, 0.1) is 0 Å². The lowest BCUT2D eigenvalue weighted by Gasteiger charge is -2.37. The number of unbranched alkanes of at least 4 members (excludes halogenated alkanes) is 1. The van der Waals surface area contributed by atoms with E-state index in [4.69, 9.17) is 12.7 Å². The van der Waals surface area contributed by atoms with Crippen molar-refractivity contribution in [3.05, 3.63) is 30.6 Å². The number of aromatic nitrogens is 1. The first-order valence-electron chi connectivity index (χ1n) is 8.48. The molecule has 1 aromatic heterocycles. The molecule has 7 heteroatoms. The van der Waals surface area contributed by atoms with Crippen molar-refractivity contribution in [3.63, 3.8) is 0 Å². The Bertz CT molecular complexity index is 442. The van der Waals surface area contributed by atoms with Crippen molar-refractivity contribution in [2.45, 2.75) is 65.2 Å². The molecular formula is C16H34NO3Si3+. The monoisotopic (exact) mass is 372 g/mol. The van der Waals surface area contributed by atoms with E-state index in [0.717, 1.165) is 19.4 Å². The Morgan fingerprint density at radius 2 is 1.26 bits per heavy atom. The molecule has 132 valence electrons. The average Bonchev–Trinajstić information content (AvgIpc) is 2.34. The molecule has 0 aliphatic carbocycles. The fourth-order valence-corrected chi connectivity index (χ4v) is 12.9. The fraction of sp³-hybridized carbons (Fsp3) is 0.688. The molecular weight excluding hydrogens is 338 g/mol. The molecule has 1 rings (SSSR count). The molecule has 23 heavy (non-hydrogen) atoms. The molecule has 0 saturated heterocycles. The molecule has 0 spiro atoms. The van der Waals surface area contributed by atoms with Gasteiger partial charge in [-0.25, -0.2) is 4.57 Å². The Kier molecular flexibility index (Phi) is 7.82. The maximum absolute atomic E-state index is 6.33. The summed E-state index contributed by atoms with van der Waals surface area (Å²) in [5.41, 5.74) is 0. The number of hydrogen-bond acceptors (Lipinski definition) is 3. The van der Waals surface area contributed by atoms with Gasteiger partial charge in [0.2, 0.25) is 0 Å². The highest BCUT2D eigenvalue weighted by Gasteiger charge is 2.42. The van der Waals surface area contributed by atoms with Crippen LogP contribution in [0.1, 0.15) is 12.8 Å². The second-order valence-electron chi connectivity index (χ2n) is 7.96. The van der Waals surface area contributed by atoms with E-state index in [1.807, 2.05) is 6.07 Å². The van der Waals surface area contributed by atoms with E-state index in [2.05, 4.69) is 74.9 Å². The summed E-state index contributed by atoms with van der Waals surface area (Å²) < 4.78 is 21.0. The van der Waals surface area contributed by atoms with Gasteiger partial charge < -0.3 is 12.7 Å². The van der Waals surface area contributed by atoms with Crippen LogP contribution in [0.15, 0.2) is 30.6 Å². The molecule has 0 radical (unpaired) electrons. The van der Waals surface area contributed by atoms with E-state index in [9.17, 15) is 0 Å². The van der Waals surface area contributed by atoms with E-state index < -0.39 is 25.4 Å². The van der Waals surface area contributed by atoms with E-state index >= 15 is 0 Å². The Morgan fingerprint density at radius 1 is 0.739 bits per heavy atom. The van der Waals surface area contributed by atoms with Crippen LogP contribution in [0.3, 0.4) is 0 Å². The second-order valence-corrected chi connectivity index (χ2v) is 20.1. The Morgan fingerprint density at radius 3 is 1.74 bits per heavy atom. The Hall–Kier alpha value is -0.319. The summed E-state index contributed by atoms with van der Waals surface area (Å²) in [4.78, 5) is 0. The van der Waals surface area contributed by atoms with Gasteiger partial charge in [-0.05, 0) is 45.7 Å². The first kappa shape index (κ1) is 20.7. The summed E-state index contributed by atoms with van der Waals surface area (Å²) >= 11 is 0. The molecule has 0 saturated carbocycles. The molecule has 0 fully saturated rings. The van der Waals surface area contributed by atoms with Gasteiger partial charge >= 0.3 is 8.80 Å². The van der Waals surface area contributed by atoms with Crippen LogP contribution >= 0.6 is 0 Å². The van der Waals surface area contributed by atoms with Crippen LogP contribution in [-0.2, 0) is 19.2 Å². The average molecular weight is 373 g/mol. The molecule has 0 atom stereocenters. The Labute approximate surface area is 145 Å². The van der Waals surface area contributed by atoms with Crippen LogP contribution in [-0.4, -0.2) is 32.0 Å². The lowest BCUT2D eigenvalue weighted by molar-refractivity contribution is -0.697. The summed E-state index contributed by atoms with van der Waals surface area (Å²) in [5, 5.41) is 0. The SMILES string of the molecule is C[Si](C)(C)O[Si](C)(OCCCC[n+]1ccccc1)O[Si](C)(C)C. The van der Waals surface area contributed by atoms with Crippen molar-refractivity contribution in [2.24, 2.45) is 0 Å². The van der Waals surface area contributed by atoms with Gasteiger partial charge in [-0.15, -0.1) is 0 Å². The smallest absolute Gasteiger partial charge is 0.417 e. The minimum Gasteiger partial charge on any atom is -0.417 e. The predicted octanol–water partition coefficient (Wildman–Crippen LogP) is 4.04. The molecule has 0 N–H and O–H groups in total. The molecule has 0 bridgehead atoms. The predicted molar refractivity (Wildman–Crippen MR) is 102 cm³/mol. The largest absolute Gasteiger partial charge is 0.476 e. The van der Waals surface area contributed by atoms with Crippen LogP contribution in [0.4, 0.5) is 0 Å². The fourth-order valence-electron chi connectivity index (χ4n) is 2.43. The highest BCUT2D eigenvalue weighted by Crippen LogP contribution is 2.22. The van der Waals surface area contributed by atoms with Crippen LogP contribution in [0.25, 0.3) is 0 Å². The van der Waals surface area contributed by atoms with Crippen molar-refractivity contribution in [3.8, 4) is 0 Å². The van der Waals surface area contributed by atoms with E-state index in [0.29, 0.717) is 6.61 Å². The van der Waals surface area contributed by atoms with Gasteiger partial charge in [-0.3, -0.25) is 0 Å². The minimum atomic E-state index is -2.53. The number of pyridine rings is 1. The summed E-state index contributed by atoms with van der Waals surface area (Å²) in [6.07, 6.45) is 6.32. The van der Waals surface area contributed by atoms with Crippen molar-refractivity contribution in [2.75, 3.05) is 6.61 Å². The number of hydrogen-bond donors (Lipinski definition) is 0. The van der Waals surface area contributed by atoms with Crippen molar-refractivity contribution < 1.29 is 17.2 Å². The van der Waals surface area contributed by atoms with Crippen LogP contribution in [0.2, 0.25) is 45.8 Å². The lowest BCUT2D eigenvalue weighted by Crippen LogP contribution is -2.54. The van der Waals surface area contributed by atoms with Crippen LogP contribution < -0.4 is 4.57 Å². The lowest BCUT2D eigenvalue weighted by atomic mass is 10.3. The zero-order chi connectivity index (χ0) is 17.6. The van der Waals surface area contributed by atoms with Crippen molar-refractivity contribution in [1.29, 1.82) is 0 Å².